The van der Waals surface area contributed by atoms with Crippen molar-refractivity contribution in [3.8, 4) is 0 Å². The minimum Gasteiger partial charge on any atom is -0.387 e. The van der Waals surface area contributed by atoms with Crippen LogP contribution in [0.5, 0.6) is 0 Å². The van der Waals surface area contributed by atoms with Crippen molar-refractivity contribution in [3.05, 3.63) is 35.4 Å². The second-order valence-electron chi connectivity index (χ2n) is 4.99. The fourth-order valence-corrected chi connectivity index (χ4v) is 1.51. The quantitative estimate of drug-likeness (QED) is 0.763. The van der Waals surface area contributed by atoms with E-state index in [1.165, 1.54) is 16.8 Å². The second kappa shape index (κ2) is 4.52. The van der Waals surface area contributed by atoms with Gasteiger partial charge in [0, 0.05) is 12.7 Å². The van der Waals surface area contributed by atoms with E-state index < -0.39 is 0 Å². The van der Waals surface area contributed by atoms with Gasteiger partial charge in [-0.15, -0.1) is 0 Å². The lowest BCUT2D eigenvalue weighted by molar-refractivity contribution is 0.547. The molecule has 0 aliphatic heterocycles. The van der Waals surface area contributed by atoms with Crippen molar-refractivity contribution in [1.82, 2.24) is 0 Å². The molecule has 0 unspecified atom stereocenters. The molecule has 1 nitrogen and oxygen atoms in total. The summed E-state index contributed by atoms with van der Waals surface area (Å²) in [5.74, 6) is 0. The molecule has 82 valence electrons. The number of rotatable bonds is 2. The first-order valence-corrected chi connectivity index (χ1v) is 5.40. The molecule has 0 bridgehead atoms. The van der Waals surface area contributed by atoms with Crippen LogP contribution in [0.1, 0.15) is 31.9 Å². The molecular formula is C14H21N. The van der Waals surface area contributed by atoms with Gasteiger partial charge >= 0.3 is 0 Å². The average Bonchev–Trinajstić information content (AvgIpc) is 2.13. The maximum atomic E-state index is 3.25. The first kappa shape index (κ1) is 11.8. The van der Waals surface area contributed by atoms with Gasteiger partial charge in [-0.2, -0.15) is 0 Å². The van der Waals surface area contributed by atoms with E-state index in [4.69, 9.17) is 0 Å². The first-order valence-electron chi connectivity index (χ1n) is 5.40. The van der Waals surface area contributed by atoms with Gasteiger partial charge in [-0.3, -0.25) is 0 Å². The van der Waals surface area contributed by atoms with Gasteiger partial charge in [-0.1, -0.05) is 51.1 Å². The molecule has 0 radical (unpaired) electrons. The number of allylic oxidation sites excluding steroid dienone is 1. The molecule has 1 N–H and O–H groups in total. The first-order chi connectivity index (χ1) is 6.94. The summed E-state index contributed by atoms with van der Waals surface area (Å²) in [5, 5.41) is 3.25. The van der Waals surface area contributed by atoms with Crippen molar-refractivity contribution < 1.29 is 0 Å². The Morgan fingerprint density at radius 2 is 1.87 bits per heavy atom. The predicted octanol–water partition coefficient (Wildman–Crippen LogP) is 4.10. The van der Waals surface area contributed by atoms with Gasteiger partial charge in [0.05, 0.1) is 0 Å². The fraction of sp³-hybridized carbons (Fsp3) is 0.429. The number of para-hydroxylation sites is 1. The van der Waals surface area contributed by atoms with Crippen LogP contribution in [-0.4, -0.2) is 7.05 Å². The van der Waals surface area contributed by atoms with E-state index in [2.05, 4.69) is 63.4 Å². The van der Waals surface area contributed by atoms with Crippen molar-refractivity contribution in [2.45, 2.75) is 27.7 Å². The van der Waals surface area contributed by atoms with Crippen LogP contribution in [-0.2, 0) is 0 Å². The monoisotopic (exact) mass is 203 g/mol. The third kappa shape index (κ3) is 3.43. The molecule has 0 saturated heterocycles. The summed E-state index contributed by atoms with van der Waals surface area (Å²) >= 11 is 0. The number of hydrogen-bond donors (Lipinski definition) is 1. The summed E-state index contributed by atoms with van der Waals surface area (Å²) in [5.41, 5.74) is 3.99. The van der Waals surface area contributed by atoms with E-state index in [1.54, 1.807) is 0 Å². The molecule has 0 amide bonds. The second-order valence-corrected chi connectivity index (χ2v) is 4.99. The molecule has 0 aliphatic carbocycles. The van der Waals surface area contributed by atoms with Crippen molar-refractivity contribution in [2.24, 2.45) is 5.41 Å². The van der Waals surface area contributed by atoms with Crippen molar-refractivity contribution in [2.75, 3.05) is 12.4 Å². The van der Waals surface area contributed by atoms with Crippen LogP contribution in [0, 0.1) is 12.3 Å². The Morgan fingerprint density at radius 3 is 2.40 bits per heavy atom. The molecule has 0 atom stereocenters. The van der Waals surface area contributed by atoms with Crippen LogP contribution < -0.4 is 5.32 Å². The molecular weight excluding hydrogens is 182 g/mol. The lowest BCUT2D eigenvalue weighted by Crippen LogP contribution is -1.99. The normalized spacial score (nSPS) is 12.1. The Hall–Kier alpha value is -1.24. The SMILES string of the molecule is CNc1c(C)cccc1/C=C/C(C)(C)C. The molecule has 0 aromatic heterocycles. The summed E-state index contributed by atoms with van der Waals surface area (Å²) < 4.78 is 0. The number of benzene rings is 1. The summed E-state index contributed by atoms with van der Waals surface area (Å²) in [6, 6.07) is 6.36. The highest BCUT2D eigenvalue weighted by atomic mass is 14.8. The standard InChI is InChI=1S/C14H21N/c1-11-7-6-8-12(13(11)15-5)9-10-14(2,3)4/h6-10,15H,1-5H3/b10-9+. The van der Waals surface area contributed by atoms with Crippen molar-refractivity contribution in [1.29, 1.82) is 0 Å². The Morgan fingerprint density at radius 1 is 1.20 bits per heavy atom. The van der Waals surface area contributed by atoms with E-state index in [1.807, 2.05) is 7.05 Å². The molecule has 1 aromatic carbocycles. The van der Waals surface area contributed by atoms with E-state index in [-0.39, 0.29) is 5.41 Å². The van der Waals surface area contributed by atoms with Crippen LogP contribution in [0.4, 0.5) is 5.69 Å². The highest BCUT2D eigenvalue weighted by Crippen LogP contribution is 2.24. The third-order valence-corrected chi connectivity index (χ3v) is 2.32. The van der Waals surface area contributed by atoms with Crippen LogP contribution in [0.15, 0.2) is 24.3 Å². The summed E-state index contributed by atoms with van der Waals surface area (Å²) in [6.07, 6.45) is 4.43. The Balaban J connectivity index is 3.05. The van der Waals surface area contributed by atoms with Crippen LogP contribution in [0.2, 0.25) is 0 Å². The van der Waals surface area contributed by atoms with Gasteiger partial charge in [0.2, 0.25) is 0 Å². The maximum absolute atomic E-state index is 3.25. The largest absolute Gasteiger partial charge is 0.387 e. The zero-order valence-electron chi connectivity index (χ0n) is 10.4. The minimum absolute atomic E-state index is 0.231. The summed E-state index contributed by atoms with van der Waals surface area (Å²) in [4.78, 5) is 0. The zero-order valence-corrected chi connectivity index (χ0v) is 10.4. The van der Waals surface area contributed by atoms with Crippen LogP contribution in [0.3, 0.4) is 0 Å². The molecule has 15 heavy (non-hydrogen) atoms. The van der Waals surface area contributed by atoms with Crippen molar-refractivity contribution in [3.63, 3.8) is 0 Å². The minimum atomic E-state index is 0.231. The van der Waals surface area contributed by atoms with Gasteiger partial charge in [0.15, 0.2) is 0 Å². The van der Waals surface area contributed by atoms with E-state index >= 15 is 0 Å². The highest BCUT2D eigenvalue weighted by Gasteiger charge is 2.05. The number of nitrogens with one attached hydrogen (secondary N) is 1. The third-order valence-electron chi connectivity index (χ3n) is 2.32. The highest BCUT2D eigenvalue weighted by molar-refractivity contribution is 5.69. The summed E-state index contributed by atoms with van der Waals surface area (Å²) in [6.45, 7) is 8.75. The lowest BCUT2D eigenvalue weighted by atomic mass is 9.94. The fourth-order valence-electron chi connectivity index (χ4n) is 1.51. The van der Waals surface area contributed by atoms with E-state index in [9.17, 15) is 0 Å². The number of anilines is 1. The Kier molecular flexibility index (Phi) is 3.57. The molecule has 0 spiro atoms. The molecule has 0 aliphatic rings. The smallest absolute Gasteiger partial charge is 0.0440 e. The molecule has 1 rings (SSSR count). The van der Waals surface area contributed by atoms with Crippen LogP contribution in [0.25, 0.3) is 6.08 Å². The Labute approximate surface area is 93.2 Å². The van der Waals surface area contributed by atoms with Crippen LogP contribution >= 0.6 is 0 Å². The zero-order chi connectivity index (χ0) is 11.5. The van der Waals surface area contributed by atoms with E-state index in [0.717, 1.165) is 0 Å². The molecule has 0 heterocycles. The van der Waals surface area contributed by atoms with Gasteiger partial charge in [-0.05, 0) is 23.5 Å². The topological polar surface area (TPSA) is 12.0 Å². The molecule has 0 fully saturated rings. The van der Waals surface area contributed by atoms with Gasteiger partial charge in [-0.25, -0.2) is 0 Å². The lowest BCUT2D eigenvalue weighted by Gasteiger charge is -2.13. The Bertz CT molecular complexity index is 356. The number of aryl methyl sites for hydroxylation is 1. The molecule has 0 saturated carbocycles. The van der Waals surface area contributed by atoms with Gasteiger partial charge in [0.1, 0.15) is 0 Å². The van der Waals surface area contributed by atoms with E-state index in [0.29, 0.717) is 0 Å². The molecule has 1 heteroatoms. The van der Waals surface area contributed by atoms with Gasteiger partial charge in [0.25, 0.3) is 0 Å². The predicted molar refractivity (Wildman–Crippen MR) is 69.2 cm³/mol. The van der Waals surface area contributed by atoms with Gasteiger partial charge < -0.3 is 5.32 Å². The average molecular weight is 203 g/mol. The number of hydrogen-bond acceptors (Lipinski definition) is 1. The molecule has 1 aromatic rings. The maximum Gasteiger partial charge on any atom is 0.0440 e. The summed E-state index contributed by atoms with van der Waals surface area (Å²) in [7, 11) is 1.97. The van der Waals surface area contributed by atoms with Crippen molar-refractivity contribution >= 4 is 11.8 Å².